The second-order valence-electron chi connectivity index (χ2n) is 5.93. The van der Waals surface area contributed by atoms with Gasteiger partial charge in [0, 0.05) is 31.9 Å². The van der Waals surface area contributed by atoms with Gasteiger partial charge in [-0.05, 0) is 49.8 Å². The Morgan fingerprint density at radius 2 is 2.00 bits per heavy atom. The maximum atomic E-state index is 9.00. The maximum Gasteiger partial charge on any atom is 0.0456 e. The van der Waals surface area contributed by atoms with Crippen molar-refractivity contribution in [2.75, 3.05) is 31.1 Å². The molecule has 1 aromatic rings. The number of nitrogens with zero attached hydrogens (tertiary/aromatic N) is 1. The van der Waals surface area contributed by atoms with Gasteiger partial charge in [0.15, 0.2) is 0 Å². The van der Waals surface area contributed by atoms with Crippen LogP contribution in [0.3, 0.4) is 0 Å². The van der Waals surface area contributed by atoms with Gasteiger partial charge < -0.3 is 15.3 Å². The van der Waals surface area contributed by atoms with Gasteiger partial charge >= 0.3 is 0 Å². The first-order valence-electron chi connectivity index (χ1n) is 7.95. The average Bonchev–Trinajstić information content (AvgIpc) is 3.01. The van der Waals surface area contributed by atoms with E-state index in [9.17, 15) is 0 Å². The molecule has 0 aromatic heterocycles. The predicted molar refractivity (Wildman–Crippen MR) is 85.1 cm³/mol. The molecule has 1 saturated heterocycles. The van der Waals surface area contributed by atoms with Gasteiger partial charge in [-0.15, -0.1) is 0 Å². The van der Waals surface area contributed by atoms with Gasteiger partial charge in [-0.25, -0.2) is 0 Å². The van der Waals surface area contributed by atoms with Crippen molar-refractivity contribution in [1.82, 2.24) is 5.32 Å². The minimum absolute atomic E-state index is 0.303. The topological polar surface area (TPSA) is 35.5 Å². The zero-order chi connectivity index (χ0) is 14.2. The Morgan fingerprint density at radius 1 is 1.25 bits per heavy atom. The van der Waals surface area contributed by atoms with Gasteiger partial charge in [-0.2, -0.15) is 0 Å². The van der Waals surface area contributed by atoms with E-state index in [4.69, 9.17) is 5.11 Å². The first-order valence-corrected chi connectivity index (χ1v) is 7.95. The fourth-order valence-corrected chi connectivity index (χ4v) is 2.82. The quantitative estimate of drug-likeness (QED) is 0.717. The first-order chi connectivity index (χ1) is 9.81. The SMILES string of the molecule is CC(CO)CCCNCc1ccccc1N1CCCC1. The van der Waals surface area contributed by atoms with Crippen LogP contribution < -0.4 is 10.2 Å². The van der Waals surface area contributed by atoms with Crippen LogP contribution in [-0.2, 0) is 6.54 Å². The molecule has 0 aliphatic carbocycles. The summed E-state index contributed by atoms with van der Waals surface area (Å²) in [7, 11) is 0. The van der Waals surface area contributed by atoms with Gasteiger partial charge in [0.05, 0.1) is 0 Å². The Labute approximate surface area is 123 Å². The molecule has 0 saturated carbocycles. The number of benzene rings is 1. The highest BCUT2D eigenvalue weighted by atomic mass is 16.3. The highest BCUT2D eigenvalue weighted by molar-refractivity contribution is 5.54. The predicted octanol–water partition coefficient (Wildman–Crippen LogP) is 2.79. The Kier molecular flexibility index (Phi) is 6.34. The molecule has 0 amide bonds. The fourth-order valence-electron chi connectivity index (χ4n) is 2.82. The van der Waals surface area contributed by atoms with Crippen LogP contribution in [-0.4, -0.2) is 31.3 Å². The van der Waals surface area contributed by atoms with Crippen molar-refractivity contribution in [1.29, 1.82) is 0 Å². The van der Waals surface area contributed by atoms with Crippen LogP contribution in [0.1, 0.15) is 38.2 Å². The molecule has 1 atom stereocenters. The molecular weight excluding hydrogens is 248 g/mol. The van der Waals surface area contributed by atoms with Gasteiger partial charge in [0.1, 0.15) is 0 Å². The fraction of sp³-hybridized carbons (Fsp3) is 0.647. The third kappa shape index (κ3) is 4.50. The Morgan fingerprint density at radius 3 is 2.75 bits per heavy atom. The second-order valence-corrected chi connectivity index (χ2v) is 5.93. The number of rotatable bonds is 8. The summed E-state index contributed by atoms with van der Waals surface area (Å²) in [4.78, 5) is 2.50. The maximum absolute atomic E-state index is 9.00. The molecule has 20 heavy (non-hydrogen) atoms. The summed E-state index contributed by atoms with van der Waals surface area (Å²) >= 11 is 0. The van der Waals surface area contributed by atoms with Gasteiger partial charge in [-0.1, -0.05) is 25.1 Å². The summed E-state index contributed by atoms with van der Waals surface area (Å²) in [5.41, 5.74) is 2.81. The molecule has 0 radical (unpaired) electrons. The Hall–Kier alpha value is -1.06. The summed E-state index contributed by atoms with van der Waals surface area (Å²) < 4.78 is 0. The summed E-state index contributed by atoms with van der Waals surface area (Å²) in [6.45, 7) is 6.77. The zero-order valence-corrected chi connectivity index (χ0v) is 12.6. The summed E-state index contributed by atoms with van der Waals surface area (Å²) in [6.07, 6.45) is 4.87. The number of nitrogens with one attached hydrogen (secondary N) is 1. The van der Waals surface area contributed by atoms with Gasteiger partial charge in [0.25, 0.3) is 0 Å². The van der Waals surface area contributed by atoms with E-state index in [2.05, 4.69) is 41.4 Å². The highest BCUT2D eigenvalue weighted by Gasteiger charge is 2.14. The molecule has 3 nitrogen and oxygen atoms in total. The molecule has 1 aliphatic heterocycles. The van der Waals surface area contributed by atoms with Crippen LogP contribution in [0.5, 0.6) is 0 Å². The van der Waals surface area contributed by atoms with Crippen molar-refractivity contribution in [2.24, 2.45) is 5.92 Å². The van der Waals surface area contributed by atoms with E-state index >= 15 is 0 Å². The van der Waals surface area contributed by atoms with Gasteiger partial charge in [0.2, 0.25) is 0 Å². The molecule has 1 aromatic carbocycles. The third-order valence-electron chi connectivity index (χ3n) is 4.12. The molecule has 1 heterocycles. The molecule has 1 aliphatic rings. The van der Waals surface area contributed by atoms with Crippen molar-refractivity contribution >= 4 is 5.69 Å². The van der Waals surface area contributed by atoms with E-state index in [1.807, 2.05) is 0 Å². The van der Waals surface area contributed by atoms with E-state index < -0.39 is 0 Å². The number of aliphatic hydroxyl groups is 1. The van der Waals surface area contributed by atoms with E-state index in [0.29, 0.717) is 12.5 Å². The molecule has 0 spiro atoms. The number of hydrogen-bond donors (Lipinski definition) is 2. The lowest BCUT2D eigenvalue weighted by Gasteiger charge is -2.21. The summed E-state index contributed by atoms with van der Waals surface area (Å²) in [6, 6.07) is 8.75. The van der Waals surface area contributed by atoms with Crippen LogP contribution in [0.4, 0.5) is 5.69 Å². The second kappa shape index (κ2) is 8.28. The number of aliphatic hydroxyl groups excluding tert-OH is 1. The average molecular weight is 276 g/mol. The van der Waals surface area contributed by atoms with Crippen molar-refractivity contribution in [3.63, 3.8) is 0 Å². The standard InChI is InChI=1S/C17H28N2O/c1-15(14-20)7-6-10-18-13-16-8-2-3-9-17(16)19-11-4-5-12-19/h2-3,8-9,15,18,20H,4-7,10-14H2,1H3. The van der Waals surface area contributed by atoms with Crippen LogP contribution >= 0.6 is 0 Å². The van der Waals surface area contributed by atoms with E-state index in [0.717, 1.165) is 25.9 Å². The van der Waals surface area contributed by atoms with Crippen molar-refractivity contribution in [3.05, 3.63) is 29.8 Å². The highest BCUT2D eigenvalue weighted by Crippen LogP contribution is 2.24. The van der Waals surface area contributed by atoms with E-state index in [1.165, 1.54) is 37.2 Å². The molecule has 3 heteroatoms. The molecule has 2 N–H and O–H groups in total. The summed E-state index contributed by atoms with van der Waals surface area (Å²) in [5.74, 6) is 0.425. The monoisotopic (exact) mass is 276 g/mol. The van der Waals surface area contributed by atoms with Crippen LogP contribution in [0.2, 0.25) is 0 Å². The lowest BCUT2D eigenvalue weighted by Crippen LogP contribution is -2.22. The third-order valence-corrected chi connectivity index (χ3v) is 4.12. The van der Waals surface area contributed by atoms with Crippen LogP contribution in [0.25, 0.3) is 0 Å². The van der Waals surface area contributed by atoms with Gasteiger partial charge in [-0.3, -0.25) is 0 Å². The Bertz CT molecular complexity index is 388. The molecule has 0 bridgehead atoms. The summed E-state index contributed by atoms with van der Waals surface area (Å²) in [5, 5.41) is 12.5. The normalized spacial score (nSPS) is 16.6. The lowest BCUT2D eigenvalue weighted by molar-refractivity contribution is 0.228. The van der Waals surface area contributed by atoms with Crippen molar-refractivity contribution in [3.8, 4) is 0 Å². The number of hydrogen-bond acceptors (Lipinski definition) is 3. The van der Waals surface area contributed by atoms with E-state index in [1.54, 1.807) is 0 Å². The molecule has 1 unspecified atom stereocenters. The van der Waals surface area contributed by atoms with Crippen molar-refractivity contribution in [2.45, 2.75) is 39.2 Å². The van der Waals surface area contributed by atoms with Crippen LogP contribution in [0, 0.1) is 5.92 Å². The minimum Gasteiger partial charge on any atom is -0.396 e. The molecule has 112 valence electrons. The van der Waals surface area contributed by atoms with Crippen molar-refractivity contribution < 1.29 is 5.11 Å². The smallest absolute Gasteiger partial charge is 0.0456 e. The Balaban J connectivity index is 1.77. The molecule has 2 rings (SSSR count). The van der Waals surface area contributed by atoms with Crippen LogP contribution in [0.15, 0.2) is 24.3 Å². The van der Waals surface area contributed by atoms with E-state index in [-0.39, 0.29) is 0 Å². The zero-order valence-electron chi connectivity index (χ0n) is 12.6. The largest absolute Gasteiger partial charge is 0.396 e. The first kappa shape index (κ1) is 15.3. The minimum atomic E-state index is 0.303. The molecular formula is C17H28N2O. The molecule has 1 fully saturated rings. The lowest BCUT2D eigenvalue weighted by atomic mass is 10.1. The number of para-hydroxylation sites is 1. The number of anilines is 1.